The summed E-state index contributed by atoms with van der Waals surface area (Å²) in [7, 11) is 0. The molecule has 4 atom stereocenters. The maximum Gasteiger partial charge on any atom is -0.0358 e. The van der Waals surface area contributed by atoms with E-state index in [0.717, 1.165) is 23.7 Å². The molecule has 0 heterocycles. The molecule has 1 fully saturated rings. The van der Waals surface area contributed by atoms with Crippen LogP contribution in [0.3, 0.4) is 0 Å². The van der Waals surface area contributed by atoms with Crippen LogP contribution in [0.15, 0.2) is 0 Å². The Morgan fingerprint density at radius 3 is 1.21 bits per heavy atom. The van der Waals surface area contributed by atoms with Gasteiger partial charge in [0.05, 0.1) is 0 Å². The third kappa shape index (κ3) is 2.32. The number of hydrogen-bond acceptors (Lipinski definition) is 0. The molecule has 0 aromatic carbocycles. The molecule has 4 unspecified atom stereocenters. The predicted octanol–water partition coefficient (Wildman–Crippen LogP) is 4.89. The van der Waals surface area contributed by atoms with Gasteiger partial charge in [0, 0.05) is 0 Å². The maximum absolute atomic E-state index is 2.40. The first-order valence-electron chi connectivity index (χ1n) is 6.78. The van der Waals surface area contributed by atoms with Gasteiger partial charge >= 0.3 is 0 Å². The quantitative estimate of drug-likeness (QED) is 0.601. The second-order valence-electron chi connectivity index (χ2n) is 5.06. The van der Waals surface area contributed by atoms with Gasteiger partial charge in [-0.05, 0) is 36.5 Å². The van der Waals surface area contributed by atoms with Crippen molar-refractivity contribution in [2.24, 2.45) is 23.7 Å². The lowest BCUT2D eigenvalue weighted by Gasteiger charge is -2.42. The Bertz CT molecular complexity index is 132. The summed E-state index contributed by atoms with van der Waals surface area (Å²) >= 11 is 0. The number of rotatable bonds is 4. The van der Waals surface area contributed by atoms with E-state index in [1.165, 1.54) is 38.5 Å². The monoisotopic (exact) mass is 196 g/mol. The molecule has 84 valence electrons. The van der Waals surface area contributed by atoms with Crippen molar-refractivity contribution in [3.8, 4) is 0 Å². The molecule has 1 saturated carbocycles. The Morgan fingerprint density at radius 2 is 1.00 bits per heavy atom. The smallest absolute Gasteiger partial charge is 0.0358 e. The van der Waals surface area contributed by atoms with Crippen LogP contribution in [0, 0.1) is 23.7 Å². The zero-order chi connectivity index (χ0) is 10.6. The first-order chi connectivity index (χ1) is 6.78. The molecule has 0 radical (unpaired) electrons. The van der Waals surface area contributed by atoms with Gasteiger partial charge < -0.3 is 0 Å². The molecule has 1 aliphatic carbocycles. The normalized spacial score (nSPS) is 38.6. The minimum Gasteiger partial charge on any atom is -0.0651 e. The van der Waals surface area contributed by atoms with Crippen molar-refractivity contribution in [1.29, 1.82) is 0 Å². The second-order valence-corrected chi connectivity index (χ2v) is 5.06. The molecule has 14 heavy (non-hydrogen) atoms. The molecular formula is C14H28. The van der Waals surface area contributed by atoms with Crippen molar-refractivity contribution < 1.29 is 0 Å². The summed E-state index contributed by atoms with van der Waals surface area (Å²) < 4.78 is 0. The van der Waals surface area contributed by atoms with E-state index in [1.54, 1.807) is 0 Å². The Labute approximate surface area is 90.5 Å². The molecule has 0 amide bonds. The van der Waals surface area contributed by atoms with E-state index in [4.69, 9.17) is 0 Å². The van der Waals surface area contributed by atoms with Crippen LogP contribution in [0.5, 0.6) is 0 Å². The number of hydrogen-bond donors (Lipinski definition) is 0. The topological polar surface area (TPSA) is 0 Å². The van der Waals surface area contributed by atoms with Gasteiger partial charge in [0.25, 0.3) is 0 Å². The van der Waals surface area contributed by atoms with Gasteiger partial charge in [-0.1, -0.05) is 53.4 Å². The van der Waals surface area contributed by atoms with Gasteiger partial charge in [0.2, 0.25) is 0 Å². The average Bonchev–Trinajstić information content (AvgIpc) is 2.26. The van der Waals surface area contributed by atoms with Crippen molar-refractivity contribution in [3.05, 3.63) is 0 Å². The van der Waals surface area contributed by atoms with Gasteiger partial charge in [-0.2, -0.15) is 0 Å². The van der Waals surface area contributed by atoms with Crippen molar-refractivity contribution in [3.63, 3.8) is 0 Å². The Balaban J connectivity index is 2.67. The van der Waals surface area contributed by atoms with Crippen LogP contribution in [-0.2, 0) is 0 Å². The van der Waals surface area contributed by atoms with E-state index in [9.17, 15) is 0 Å². The fourth-order valence-corrected chi connectivity index (χ4v) is 3.84. The van der Waals surface area contributed by atoms with E-state index in [1.807, 2.05) is 0 Å². The van der Waals surface area contributed by atoms with E-state index >= 15 is 0 Å². The van der Waals surface area contributed by atoms with Gasteiger partial charge in [-0.3, -0.25) is 0 Å². The van der Waals surface area contributed by atoms with E-state index in [0.29, 0.717) is 0 Å². The highest BCUT2D eigenvalue weighted by molar-refractivity contribution is 4.85. The van der Waals surface area contributed by atoms with E-state index < -0.39 is 0 Å². The molecule has 0 bridgehead atoms. The molecule has 0 nitrogen and oxygen atoms in total. The molecule has 0 aromatic heterocycles. The third-order valence-corrected chi connectivity index (χ3v) is 4.66. The van der Waals surface area contributed by atoms with E-state index in [2.05, 4.69) is 27.7 Å². The molecule has 0 aromatic rings. The molecule has 0 N–H and O–H groups in total. The summed E-state index contributed by atoms with van der Waals surface area (Å²) in [6.07, 6.45) is 8.64. The fourth-order valence-electron chi connectivity index (χ4n) is 3.84. The standard InChI is InChI=1S/C14H28/c1-5-11-9-10-12(6-2)14(8-4)13(11)7-3/h11-14H,5-10H2,1-4H3. The fraction of sp³-hybridized carbons (Fsp3) is 1.00. The summed E-state index contributed by atoms with van der Waals surface area (Å²) in [5.41, 5.74) is 0. The maximum atomic E-state index is 2.40. The SMILES string of the molecule is CCC1CCC(CC)C(CC)C1CC. The lowest BCUT2D eigenvalue weighted by atomic mass is 9.63. The van der Waals surface area contributed by atoms with Gasteiger partial charge in [0.15, 0.2) is 0 Å². The van der Waals surface area contributed by atoms with Crippen LogP contribution in [0.4, 0.5) is 0 Å². The van der Waals surface area contributed by atoms with Crippen LogP contribution in [0.25, 0.3) is 0 Å². The first-order valence-corrected chi connectivity index (χ1v) is 6.78. The predicted molar refractivity (Wildman–Crippen MR) is 64.4 cm³/mol. The summed E-state index contributed by atoms with van der Waals surface area (Å²) in [4.78, 5) is 0. The lowest BCUT2D eigenvalue weighted by molar-refractivity contribution is 0.0768. The Hall–Kier alpha value is 0. The van der Waals surface area contributed by atoms with Gasteiger partial charge in [0.1, 0.15) is 0 Å². The molecule has 1 aliphatic rings. The van der Waals surface area contributed by atoms with E-state index in [-0.39, 0.29) is 0 Å². The van der Waals surface area contributed by atoms with Crippen LogP contribution < -0.4 is 0 Å². The zero-order valence-corrected chi connectivity index (χ0v) is 10.6. The molecule has 0 heteroatoms. The lowest BCUT2D eigenvalue weighted by Crippen LogP contribution is -2.33. The molecule has 0 spiro atoms. The van der Waals surface area contributed by atoms with Crippen LogP contribution in [0.1, 0.15) is 66.2 Å². The second kappa shape index (κ2) is 5.78. The van der Waals surface area contributed by atoms with Crippen molar-refractivity contribution in [1.82, 2.24) is 0 Å². The van der Waals surface area contributed by atoms with Crippen LogP contribution in [0.2, 0.25) is 0 Å². The molecule has 1 rings (SSSR count). The molecule has 0 saturated heterocycles. The minimum absolute atomic E-state index is 1.03. The highest BCUT2D eigenvalue weighted by atomic mass is 14.4. The summed E-state index contributed by atoms with van der Waals surface area (Å²) in [6, 6.07) is 0. The summed E-state index contributed by atoms with van der Waals surface area (Å²) in [5, 5.41) is 0. The average molecular weight is 196 g/mol. The van der Waals surface area contributed by atoms with Crippen molar-refractivity contribution in [2.45, 2.75) is 66.2 Å². The highest BCUT2D eigenvalue weighted by Crippen LogP contribution is 2.44. The minimum atomic E-state index is 1.03. The summed E-state index contributed by atoms with van der Waals surface area (Å²) in [5.74, 6) is 4.13. The van der Waals surface area contributed by atoms with Crippen molar-refractivity contribution in [2.75, 3.05) is 0 Å². The largest absolute Gasteiger partial charge is 0.0651 e. The summed E-state index contributed by atoms with van der Waals surface area (Å²) in [6.45, 7) is 9.56. The highest BCUT2D eigenvalue weighted by Gasteiger charge is 2.35. The Morgan fingerprint density at radius 1 is 0.643 bits per heavy atom. The van der Waals surface area contributed by atoms with Crippen LogP contribution in [-0.4, -0.2) is 0 Å². The third-order valence-electron chi connectivity index (χ3n) is 4.66. The van der Waals surface area contributed by atoms with Gasteiger partial charge in [-0.25, -0.2) is 0 Å². The van der Waals surface area contributed by atoms with Crippen molar-refractivity contribution >= 4 is 0 Å². The Kier molecular flexibility index (Phi) is 4.98. The van der Waals surface area contributed by atoms with Crippen LogP contribution >= 0.6 is 0 Å². The van der Waals surface area contributed by atoms with Gasteiger partial charge in [-0.15, -0.1) is 0 Å². The molecular weight excluding hydrogens is 168 g/mol. The molecule has 0 aliphatic heterocycles. The first kappa shape index (κ1) is 12.1. The zero-order valence-electron chi connectivity index (χ0n) is 10.6.